The maximum absolute atomic E-state index is 11.9. The van der Waals surface area contributed by atoms with Gasteiger partial charge in [0, 0.05) is 5.92 Å². The molecule has 0 saturated heterocycles. The van der Waals surface area contributed by atoms with Crippen LogP contribution in [0, 0.1) is 5.92 Å². The van der Waals surface area contributed by atoms with Gasteiger partial charge >= 0.3 is 0 Å². The van der Waals surface area contributed by atoms with Crippen molar-refractivity contribution in [2.75, 3.05) is 0 Å². The highest BCUT2D eigenvalue weighted by molar-refractivity contribution is 5.94. The lowest BCUT2D eigenvalue weighted by molar-refractivity contribution is -0.131. The van der Waals surface area contributed by atoms with Crippen molar-refractivity contribution in [1.29, 1.82) is 0 Å². The molecule has 2 aliphatic carbocycles. The van der Waals surface area contributed by atoms with Gasteiger partial charge in [0.05, 0.1) is 5.54 Å². The maximum atomic E-state index is 11.9. The molecule has 15 heavy (non-hydrogen) atoms. The Morgan fingerprint density at radius 2 is 1.73 bits per heavy atom. The number of rotatable bonds is 3. The van der Waals surface area contributed by atoms with Gasteiger partial charge in [0.15, 0.2) is 5.78 Å². The van der Waals surface area contributed by atoms with Crippen LogP contribution in [0.3, 0.4) is 0 Å². The molecule has 3 nitrogen and oxygen atoms in total. The molecule has 1 amide bonds. The number of carbonyl (C=O) groups excluding carboxylic acids is 2. The van der Waals surface area contributed by atoms with Crippen LogP contribution < -0.4 is 5.32 Å². The summed E-state index contributed by atoms with van der Waals surface area (Å²) in [5.41, 5.74) is -0.464. The summed E-state index contributed by atoms with van der Waals surface area (Å²) >= 11 is 0. The van der Waals surface area contributed by atoms with Gasteiger partial charge in [-0.25, -0.2) is 0 Å². The Morgan fingerprint density at radius 1 is 1.13 bits per heavy atom. The summed E-state index contributed by atoms with van der Waals surface area (Å²) in [5, 5.41) is 2.95. The van der Waals surface area contributed by atoms with E-state index in [1.165, 1.54) is 6.42 Å². The van der Waals surface area contributed by atoms with Gasteiger partial charge in [-0.1, -0.05) is 19.3 Å². The largest absolute Gasteiger partial charge is 0.343 e. The molecule has 0 heterocycles. The van der Waals surface area contributed by atoms with Gasteiger partial charge in [-0.05, 0) is 32.6 Å². The smallest absolute Gasteiger partial charge is 0.223 e. The van der Waals surface area contributed by atoms with E-state index in [0.717, 1.165) is 38.5 Å². The van der Waals surface area contributed by atoms with Crippen molar-refractivity contribution < 1.29 is 9.59 Å². The van der Waals surface area contributed by atoms with Gasteiger partial charge < -0.3 is 5.32 Å². The Kier molecular flexibility index (Phi) is 2.81. The van der Waals surface area contributed by atoms with Crippen LogP contribution >= 0.6 is 0 Å². The fourth-order valence-electron chi connectivity index (χ4n) is 2.39. The van der Waals surface area contributed by atoms with Crippen LogP contribution in [0.25, 0.3) is 0 Å². The zero-order valence-corrected chi connectivity index (χ0v) is 9.34. The Balaban J connectivity index is 1.89. The second kappa shape index (κ2) is 3.95. The zero-order chi connectivity index (χ0) is 10.9. The van der Waals surface area contributed by atoms with E-state index >= 15 is 0 Å². The minimum Gasteiger partial charge on any atom is -0.343 e. The van der Waals surface area contributed by atoms with E-state index in [1.807, 2.05) is 0 Å². The number of amides is 1. The van der Waals surface area contributed by atoms with Crippen LogP contribution in [-0.2, 0) is 9.59 Å². The third-order valence-corrected chi connectivity index (χ3v) is 3.76. The predicted octanol–water partition coefficient (Wildman–Crippen LogP) is 1.80. The predicted molar refractivity (Wildman–Crippen MR) is 57.4 cm³/mol. The van der Waals surface area contributed by atoms with Crippen molar-refractivity contribution in [2.24, 2.45) is 5.92 Å². The summed E-state index contributed by atoms with van der Waals surface area (Å²) in [4.78, 5) is 23.2. The van der Waals surface area contributed by atoms with Gasteiger partial charge in [-0.2, -0.15) is 0 Å². The lowest BCUT2D eigenvalue weighted by Crippen LogP contribution is -2.45. The van der Waals surface area contributed by atoms with Crippen LogP contribution in [0.1, 0.15) is 51.9 Å². The molecule has 0 unspecified atom stereocenters. The highest BCUT2D eigenvalue weighted by atomic mass is 16.2. The molecule has 2 fully saturated rings. The van der Waals surface area contributed by atoms with Gasteiger partial charge in [-0.15, -0.1) is 0 Å². The second-order valence-corrected chi connectivity index (χ2v) is 4.96. The molecule has 2 rings (SSSR count). The molecular formula is C12H19NO2. The Morgan fingerprint density at radius 3 is 2.20 bits per heavy atom. The van der Waals surface area contributed by atoms with Crippen LogP contribution in [-0.4, -0.2) is 17.2 Å². The molecule has 0 aromatic rings. The first-order valence-electron chi connectivity index (χ1n) is 5.97. The van der Waals surface area contributed by atoms with Crippen molar-refractivity contribution in [2.45, 2.75) is 57.4 Å². The number of nitrogens with one attached hydrogen (secondary N) is 1. The summed E-state index contributed by atoms with van der Waals surface area (Å²) in [6, 6.07) is 0. The average Bonchev–Trinajstić information content (AvgIpc) is 3.00. The number of hydrogen-bond acceptors (Lipinski definition) is 2. The first-order valence-corrected chi connectivity index (χ1v) is 5.97. The van der Waals surface area contributed by atoms with E-state index in [-0.39, 0.29) is 17.6 Å². The summed E-state index contributed by atoms with van der Waals surface area (Å²) < 4.78 is 0. The van der Waals surface area contributed by atoms with Crippen molar-refractivity contribution in [1.82, 2.24) is 5.32 Å². The van der Waals surface area contributed by atoms with E-state index in [9.17, 15) is 9.59 Å². The molecule has 0 aliphatic heterocycles. The molecule has 0 bridgehead atoms. The van der Waals surface area contributed by atoms with Crippen molar-refractivity contribution >= 4 is 11.7 Å². The zero-order valence-electron chi connectivity index (χ0n) is 9.34. The molecule has 84 valence electrons. The number of hydrogen-bond donors (Lipinski definition) is 1. The number of ketones is 1. The first kappa shape index (κ1) is 10.7. The Hall–Kier alpha value is -0.860. The van der Waals surface area contributed by atoms with Gasteiger partial charge in [0.1, 0.15) is 0 Å². The third kappa shape index (κ3) is 2.21. The topological polar surface area (TPSA) is 46.2 Å². The average molecular weight is 209 g/mol. The molecule has 0 spiro atoms. The van der Waals surface area contributed by atoms with Crippen molar-refractivity contribution in [3.8, 4) is 0 Å². The summed E-state index contributed by atoms with van der Waals surface area (Å²) in [6.07, 6.45) is 7.24. The number of Topliss-reactive ketones (excluding diaryl/α,β-unsaturated/α-hetero) is 1. The molecule has 0 atom stereocenters. The normalized spacial score (nSPS) is 24.6. The highest BCUT2D eigenvalue weighted by Crippen LogP contribution is 2.37. The van der Waals surface area contributed by atoms with Crippen LogP contribution in [0.5, 0.6) is 0 Å². The lowest BCUT2D eigenvalue weighted by Gasteiger charge is -2.23. The van der Waals surface area contributed by atoms with E-state index < -0.39 is 5.54 Å². The minimum atomic E-state index is -0.464. The molecule has 3 heteroatoms. The van der Waals surface area contributed by atoms with E-state index in [2.05, 4.69) is 5.32 Å². The minimum absolute atomic E-state index is 0.113. The SMILES string of the molecule is CC(=O)C1(NC(=O)C2CCCCC2)CC1. The fraction of sp³-hybridized carbons (Fsp3) is 0.833. The lowest BCUT2D eigenvalue weighted by atomic mass is 9.88. The van der Waals surface area contributed by atoms with Gasteiger partial charge in [0.25, 0.3) is 0 Å². The second-order valence-electron chi connectivity index (χ2n) is 4.96. The Labute approximate surface area is 90.6 Å². The quantitative estimate of drug-likeness (QED) is 0.770. The van der Waals surface area contributed by atoms with E-state index in [1.54, 1.807) is 6.92 Å². The molecule has 0 radical (unpaired) electrons. The monoisotopic (exact) mass is 209 g/mol. The summed E-state index contributed by atoms with van der Waals surface area (Å²) in [5.74, 6) is 0.393. The molecule has 0 aromatic carbocycles. The molecule has 0 aromatic heterocycles. The first-order chi connectivity index (χ1) is 7.14. The Bertz CT molecular complexity index is 275. The fourth-order valence-corrected chi connectivity index (χ4v) is 2.39. The van der Waals surface area contributed by atoms with Crippen molar-refractivity contribution in [3.63, 3.8) is 0 Å². The third-order valence-electron chi connectivity index (χ3n) is 3.76. The van der Waals surface area contributed by atoms with Crippen LogP contribution in [0.2, 0.25) is 0 Å². The van der Waals surface area contributed by atoms with Crippen LogP contribution in [0.15, 0.2) is 0 Å². The molecule has 2 aliphatic rings. The number of carbonyl (C=O) groups is 2. The molecule has 1 N–H and O–H groups in total. The van der Waals surface area contributed by atoms with Gasteiger partial charge in [-0.3, -0.25) is 9.59 Å². The standard InChI is InChI=1S/C12H19NO2/c1-9(14)12(7-8-12)13-11(15)10-5-3-2-4-6-10/h10H,2-8H2,1H3,(H,13,15). The summed E-state index contributed by atoms with van der Waals surface area (Å²) in [7, 11) is 0. The van der Waals surface area contributed by atoms with Gasteiger partial charge in [0.2, 0.25) is 5.91 Å². The van der Waals surface area contributed by atoms with E-state index in [0.29, 0.717) is 0 Å². The van der Waals surface area contributed by atoms with E-state index in [4.69, 9.17) is 0 Å². The summed E-state index contributed by atoms with van der Waals surface area (Å²) in [6.45, 7) is 1.58. The highest BCUT2D eigenvalue weighted by Gasteiger charge is 2.49. The molecular weight excluding hydrogens is 190 g/mol. The molecule has 2 saturated carbocycles. The maximum Gasteiger partial charge on any atom is 0.223 e. The van der Waals surface area contributed by atoms with Crippen molar-refractivity contribution in [3.05, 3.63) is 0 Å². The van der Waals surface area contributed by atoms with Crippen LogP contribution in [0.4, 0.5) is 0 Å².